The van der Waals surface area contributed by atoms with Gasteiger partial charge in [-0.1, -0.05) is 27.3 Å². The number of carbonyl (C=O) groups excluding carboxylic acids is 2. The molecular formula is C17H20BrN3O3S. The van der Waals surface area contributed by atoms with Gasteiger partial charge in [0.2, 0.25) is 5.91 Å². The quantitative estimate of drug-likeness (QED) is 0.779. The second kappa shape index (κ2) is 6.92. The maximum absolute atomic E-state index is 12.5. The molecule has 1 aromatic carbocycles. The lowest BCUT2D eigenvalue weighted by Crippen LogP contribution is -2.36. The molecule has 0 saturated carbocycles. The number of rotatable bonds is 2. The van der Waals surface area contributed by atoms with Crippen LogP contribution in [-0.4, -0.2) is 40.6 Å². The average Bonchev–Trinajstić information content (AvgIpc) is 3.11. The molecule has 0 bridgehead atoms. The fourth-order valence-corrected chi connectivity index (χ4v) is 4.05. The molecule has 1 fully saturated rings. The molecular weight excluding hydrogens is 406 g/mol. The maximum atomic E-state index is 12.5. The number of carbonyl (C=O) groups is 2. The standard InChI is InChI=1S/C17H20BrN3O3S/c1-17(2,3)24-16(23)21-7-6-10(9-21)14(22)20-15-19-12-5-4-11(18)8-13(12)25-15/h4-5,8,10H,6-7,9H2,1-3H3,(H,19,20,22)/t10-/m0/s1. The number of benzene rings is 1. The van der Waals surface area contributed by atoms with Gasteiger partial charge in [0.15, 0.2) is 5.13 Å². The number of nitrogens with zero attached hydrogens (tertiary/aromatic N) is 2. The molecule has 2 heterocycles. The minimum Gasteiger partial charge on any atom is -0.444 e. The minimum absolute atomic E-state index is 0.107. The van der Waals surface area contributed by atoms with Crippen LogP contribution in [0.15, 0.2) is 22.7 Å². The Kier molecular flexibility index (Phi) is 5.02. The summed E-state index contributed by atoms with van der Waals surface area (Å²) in [5.41, 5.74) is 0.317. The fourth-order valence-electron chi connectivity index (χ4n) is 2.63. The second-order valence-corrected chi connectivity index (χ2v) is 8.98. The number of ether oxygens (including phenoxy) is 1. The number of fused-ring (bicyclic) bond motifs is 1. The number of amides is 2. The minimum atomic E-state index is -0.535. The molecule has 0 radical (unpaired) electrons. The summed E-state index contributed by atoms with van der Waals surface area (Å²) >= 11 is 4.86. The van der Waals surface area contributed by atoms with Gasteiger partial charge in [0.05, 0.1) is 16.1 Å². The van der Waals surface area contributed by atoms with Crippen LogP contribution in [0.5, 0.6) is 0 Å². The molecule has 25 heavy (non-hydrogen) atoms. The zero-order chi connectivity index (χ0) is 18.2. The van der Waals surface area contributed by atoms with Crippen molar-refractivity contribution in [2.45, 2.75) is 32.8 Å². The van der Waals surface area contributed by atoms with Crippen molar-refractivity contribution in [1.82, 2.24) is 9.88 Å². The van der Waals surface area contributed by atoms with Gasteiger partial charge >= 0.3 is 6.09 Å². The fraction of sp³-hybridized carbons (Fsp3) is 0.471. The van der Waals surface area contributed by atoms with Gasteiger partial charge < -0.3 is 15.0 Å². The molecule has 1 aliphatic heterocycles. The van der Waals surface area contributed by atoms with Crippen molar-refractivity contribution in [2.75, 3.05) is 18.4 Å². The van der Waals surface area contributed by atoms with Crippen molar-refractivity contribution < 1.29 is 14.3 Å². The molecule has 1 atom stereocenters. The third-order valence-electron chi connectivity index (χ3n) is 3.79. The molecule has 134 valence electrons. The monoisotopic (exact) mass is 425 g/mol. The predicted octanol–water partition coefficient (Wildman–Crippen LogP) is 4.25. The Bertz CT molecular complexity index is 815. The van der Waals surface area contributed by atoms with E-state index in [1.165, 1.54) is 11.3 Å². The lowest BCUT2D eigenvalue weighted by atomic mass is 10.1. The van der Waals surface area contributed by atoms with E-state index in [1.54, 1.807) is 4.90 Å². The molecule has 2 aromatic rings. The van der Waals surface area contributed by atoms with Crippen LogP contribution >= 0.6 is 27.3 Å². The van der Waals surface area contributed by atoms with Gasteiger partial charge in [-0.25, -0.2) is 9.78 Å². The molecule has 1 saturated heterocycles. The van der Waals surface area contributed by atoms with Gasteiger partial charge in [0, 0.05) is 17.6 Å². The zero-order valence-corrected chi connectivity index (χ0v) is 16.7. The van der Waals surface area contributed by atoms with Crippen molar-refractivity contribution >= 4 is 54.6 Å². The van der Waals surface area contributed by atoms with Crippen LogP contribution in [0, 0.1) is 5.92 Å². The SMILES string of the molecule is CC(C)(C)OC(=O)N1CC[C@H](C(=O)Nc2nc3ccc(Br)cc3s2)C1. The van der Waals surface area contributed by atoms with Crippen LogP contribution in [0.2, 0.25) is 0 Å². The zero-order valence-electron chi connectivity index (χ0n) is 14.3. The maximum Gasteiger partial charge on any atom is 0.410 e. The van der Waals surface area contributed by atoms with E-state index in [1.807, 2.05) is 39.0 Å². The van der Waals surface area contributed by atoms with Crippen LogP contribution < -0.4 is 5.32 Å². The van der Waals surface area contributed by atoms with Crippen molar-refractivity contribution in [3.63, 3.8) is 0 Å². The van der Waals surface area contributed by atoms with Crippen LogP contribution in [0.4, 0.5) is 9.93 Å². The lowest BCUT2D eigenvalue weighted by Gasteiger charge is -2.24. The molecule has 0 aliphatic carbocycles. The van der Waals surface area contributed by atoms with E-state index in [2.05, 4.69) is 26.2 Å². The molecule has 0 unspecified atom stereocenters. The van der Waals surface area contributed by atoms with E-state index < -0.39 is 5.60 Å². The highest BCUT2D eigenvalue weighted by molar-refractivity contribution is 9.10. The lowest BCUT2D eigenvalue weighted by molar-refractivity contribution is -0.119. The molecule has 1 aliphatic rings. The molecule has 1 aromatic heterocycles. The summed E-state index contributed by atoms with van der Waals surface area (Å²) in [5.74, 6) is -0.351. The van der Waals surface area contributed by atoms with Crippen molar-refractivity contribution in [2.24, 2.45) is 5.92 Å². The molecule has 0 spiro atoms. The van der Waals surface area contributed by atoms with Crippen LogP contribution in [0.25, 0.3) is 10.2 Å². The van der Waals surface area contributed by atoms with Gasteiger partial charge in [-0.2, -0.15) is 0 Å². The summed E-state index contributed by atoms with van der Waals surface area (Å²) < 4.78 is 7.34. The van der Waals surface area contributed by atoms with Gasteiger partial charge in [0.25, 0.3) is 0 Å². The Labute approximate surface area is 158 Å². The number of anilines is 1. The van der Waals surface area contributed by atoms with Crippen molar-refractivity contribution in [3.05, 3.63) is 22.7 Å². The third-order valence-corrected chi connectivity index (χ3v) is 5.22. The molecule has 3 rings (SSSR count). The van der Waals surface area contributed by atoms with E-state index >= 15 is 0 Å². The van der Waals surface area contributed by atoms with Crippen molar-refractivity contribution in [1.29, 1.82) is 0 Å². The van der Waals surface area contributed by atoms with Crippen molar-refractivity contribution in [3.8, 4) is 0 Å². The Morgan fingerprint density at radius 1 is 1.40 bits per heavy atom. The van der Waals surface area contributed by atoms with E-state index in [0.29, 0.717) is 24.6 Å². The molecule has 1 N–H and O–H groups in total. The highest BCUT2D eigenvalue weighted by Gasteiger charge is 2.33. The number of hydrogen-bond acceptors (Lipinski definition) is 5. The van der Waals surface area contributed by atoms with Gasteiger partial charge in [-0.05, 0) is 45.4 Å². The highest BCUT2D eigenvalue weighted by Crippen LogP contribution is 2.29. The summed E-state index contributed by atoms with van der Waals surface area (Å²) in [6, 6.07) is 5.80. The van der Waals surface area contributed by atoms with Gasteiger partial charge in [0.1, 0.15) is 5.60 Å². The number of aromatic nitrogens is 1. The number of halogens is 1. The number of hydrogen-bond donors (Lipinski definition) is 1. The summed E-state index contributed by atoms with van der Waals surface area (Å²) in [6.07, 6.45) is 0.259. The summed E-state index contributed by atoms with van der Waals surface area (Å²) in [6.45, 7) is 6.39. The molecule has 8 heteroatoms. The summed E-state index contributed by atoms with van der Waals surface area (Å²) in [4.78, 5) is 30.6. The van der Waals surface area contributed by atoms with Crippen LogP contribution in [0.3, 0.4) is 0 Å². The average molecular weight is 426 g/mol. The molecule has 6 nitrogen and oxygen atoms in total. The first kappa shape index (κ1) is 18.1. The number of likely N-dealkylation sites (tertiary alicyclic amines) is 1. The highest BCUT2D eigenvalue weighted by atomic mass is 79.9. The van der Waals surface area contributed by atoms with Crippen LogP contribution in [0.1, 0.15) is 27.2 Å². The first-order chi connectivity index (χ1) is 11.7. The van der Waals surface area contributed by atoms with E-state index in [4.69, 9.17) is 4.74 Å². The third kappa shape index (κ3) is 4.49. The van der Waals surface area contributed by atoms with Gasteiger partial charge in [-0.15, -0.1) is 0 Å². The summed E-state index contributed by atoms with van der Waals surface area (Å²) in [7, 11) is 0. The predicted molar refractivity (Wildman–Crippen MR) is 102 cm³/mol. The smallest absolute Gasteiger partial charge is 0.410 e. The van der Waals surface area contributed by atoms with E-state index in [-0.39, 0.29) is 17.9 Å². The Morgan fingerprint density at radius 2 is 2.16 bits per heavy atom. The second-order valence-electron chi connectivity index (χ2n) is 7.03. The van der Waals surface area contributed by atoms with E-state index in [0.717, 1.165) is 14.7 Å². The first-order valence-corrected chi connectivity index (χ1v) is 9.67. The largest absolute Gasteiger partial charge is 0.444 e. The van der Waals surface area contributed by atoms with Crippen LogP contribution in [-0.2, 0) is 9.53 Å². The first-order valence-electron chi connectivity index (χ1n) is 8.06. The number of nitrogens with one attached hydrogen (secondary N) is 1. The summed E-state index contributed by atoms with van der Waals surface area (Å²) in [5, 5.41) is 3.45. The topological polar surface area (TPSA) is 71.5 Å². The normalized spacial score (nSPS) is 17.8. The molecule has 2 amide bonds. The van der Waals surface area contributed by atoms with Gasteiger partial charge in [-0.3, -0.25) is 4.79 Å². The van der Waals surface area contributed by atoms with E-state index in [9.17, 15) is 9.59 Å². The Hall–Kier alpha value is -1.67. The number of thiazole rings is 1. The Balaban J connectivity index is 1.61. The Morgan fingerprint density at radius 3 is 2.88 bits per heavy atom.